The molecule has 14 heavy (non-hydrogen) atoms. The molecule has 0 saturated heterocycles. The van der Waals surface area contributed by atoms with Gasteiger partial charge in [-0.15, -0.1) is 0 Å². The summed E-state index contributed by atoms with van der Waals surface area (Å²) in [5.74, 6) is 0. The fourth-order valence-electron chi connectivity index (χ4n) is 1.43. The van der Waals surface area contributed by atoms with E-state index in [2.05, 4.69) is 47.9 Å². The topological polar surface area (TPSA) is 17.8 Å². The van der Waals surface area contributed by atoms with Crippen LogP contribution in [0.1, 0.15) is 12.3 Å². The van der Waals surface area contributed by atoms with Crippen molar-refractivity contribution in [2.45, 2.75) is 20.4 Å². The molecule has 1 aromatic heterocycles. The molecule has 0 aliphatic rings. The summed E-state index contributed by atoms with van der Waals surface area (Å²) in [5.41, 5.74) is 3.70. The Balaban J connectivity index is 2.43. The number of aromatic nitrogens is 2. The van der Waals surface area contributed by atoms with E-state index in [4.69, 9.17) is 0 Å². The lowest BCUT2D eigenvalue weighted by atomic mass is 10.2. The van der Waals surface area contributed by atoms with Crippen molar-refractivity contribution in [1.29, 1.82) is 0 Å². The fourth-order valence-corrected chi connectivity index (χ4v) is 2.47. The summed E-state index contributed by atoms with van der Waals surface area (Å²) in [6, 6.07) is 10.4. The molecule has 2 aromatic rings. The van der Waals surface area contributed by atoms with Crippen LogP contribution in [0.25, 0.3) is 11.0 Å². The molecule has 0 unspecified atom stereocenters. The number of rotatable bonds is 2. The molecule has 72 valence electrons. The van der Waals surface area contributed by atoms with Crippen molar-refractivity contribution >= 4 is 8.19 Å². The molecule has 1 aromatic carbocycles. The largest absolute Gasteiger partial charge is 0.265 e. The Kier molecular flexibility index (Phi) is 2.64. The van der Waals surface area contributed by atoms with Gasteiger partial charge in [-0.2, -0.15) is 5.10 Å². The molecule has 1 heterocycles. The molecule has 0 spiro atoms. The molecule has 0 radical (unpaired) electrons. The Bertz CT molecular complexity index is 420. The van der Waals surface area contributed by atoms with Crippen LogP contribution < -0.4 is 0 Å². The summed E-state index contributed by atoms with van der Waals surface area (Å²) in [6.45, 7) is 5.20. The van der Waals surface area contributed by atoms with Crippen molar-refractivity contribution in [3.05, 3.63) is 35.8 Å². The fraction of sp³-hybridized carbons (Fsp3) is 0.273. The Labute approximate surface area is 85.7 Å². The first-order valence-electron chi connectivity index (χ1n) is 4.78. The van der Waals surface area contributed by atoms with Crippen LogP contribution in [0.5, 0.6) is 0 Å². The maximum atomic E-state index is 4.56. The third kappa shape index (κ3) is 1.71. The van der Waals surface area contributed by atoms with E-state index in [0.29, 0.717) is 0 Å². The summed E-state index contributed by atoms with van der Waals surface area (Å²) in [7, 11) is 1.24. The van der Waals surface area contributed by atoms with Gasteiger partial charge in [-0.3, -0.25) is 4.68 Å². The summed E-state index contributed by atoms with van der Waals surface area (Å²) in [5, 5.41) is 4.56. The third-order valence-corrected chi connectivity index (χ3v) is 3.30. The van der Waals surface area contributed by atoms with E-state index >= 15 is 0 Å². The lowest BCUT2D eigenvalue weighted by Crippen LogP contribution is -1.97. The molecule has 0 atom stereocenters. The highest BCUT2D eigenvalue weighted by atomic mass is 31.0. The van der Waals surface area contributed by atoms with Crippen LogP contribution in [0.3, 0.4) is 0 Å². The van der Waals surface area contributed by atoms with Crippen LogP contribution in [0.4, 0.5) is 0 Å². The molecule has 3 heteroatoms. The lowest BCUT2D eigenvalue weighted by molar-refractivity contribution is 0.644. The minimum atomic E-state index is 0.954. The standard InChI is InChI=1S/C11H13N2P/c1-3-13-9(2)14-11(12-13)10-7-5-4-6-8-10/h4-8H,3H2,1-2H3. The van der Waals surface area contributed by atoms with Gasteiger partial charge in [0.05, 0.1) is 5.43 Å². The highest BCUT2D eigenvalue weighted by Crippen LogP contribution is 2.28. The molecule has 0 saturated carbocycles. The summed E-state index contributed by atoms with van der Waals surface area (Å²) < 4.78 is 2.06. The Morgan fingerprint density at radius 2 is 2.00 bits per heavy atom. The molecular formula is C11H13N2P. The normalized spacial score (nSPS) is 11.0. The molecule has 0 bridgehead atoms. The van der Waals surface area contributed by atoms with Gasteiger partial charge in [0.1, 0.15) is 5.43 Å². The van der Waals surface area contributed by atoms with Crippen LogP contribution in [0, 0.1) is 6.92 Å². The highest BCUT2D eigenvalue weighted by molar-refractivity contribution is 7.34. The van der Waals surface area contributed by atoms with Crippen LogP contribution in [0.15, 0.2) is 30.3 Å². The minimum Gasteiger partial charge on any atom is -0.265 e. The van der Waals surface area contributed by atoms with Crippen molar-refractivity contribution < 1.29 is 0 Å². The Morgan fingerprint density at radius 3 is 2.57 bits per heavy atom. The zero-order valence-corrected chi connectivity index (χ0v) is 9.33. The molecule has 2 nitrogen and oxygen atoms in total. The molecule has 0 fully saturated rings. The number of hydrogen-bond donors (Lipinski definition) is 0. The lowest BCUT2D eigenvalue weighted by Gasteiger charge is -1.96. The van der Waals surface area contributed by atoms with Gasteiger partial charge in [-0.25, -0.2) is 0 Å². The first-order chi connectivity index (χ1) is 6.81. The van der Waals surface area contributed by atoms with Gasteiger partial charge in [0.2, 0.25) is 0 Å². The predicted molar refractivity (Wildman–Crippen MR) is 60.6 cm³/mol. The SMILES string of the molecule is CCn1nc(-c2ccccc2)pc1C. The average molecular weight is 204 g/mol. The molecule has 0 N–H and O–H groups in total. The number of aryl methyl sites for hydroxylation is 2. The molecule has 0 amide bonds. The summed E-state index contributed by atoms with van der Waals surface area (Å²) >= 11 is 0. The number of nitrogens with zero attached hydrogens (tertiary/aromatic N) is 2. The number of hydrogen-bond acceptors (Lipinski definition) is 1. The first-order valence-corrected chi connectivity index (χ1v) is 5.67. The van der Waals surface area contributed by atoms with Gasteiger partial charge in [0, 0.05) is 12.1 Å². The van der Waals surface area contributed by atoms with Crippen LogP contribution in [0.2, 0.25) is 0 Å². The van der Waals surface area contributed by atoms with Crippen molar-refractivity contribution in [2.24, 2.45) is 0 Å². The maximum absolute atomic E-state index is 4.56. The monoisotopic (exact) mass is 204 g/mol. The van der Waals surface area contributed by atoms with Gasteiger partial charge in [-0.1, -0.05) is 30.3 Å². The highest BCUT2D eigenvalue weighted by Gasteiger charge is 2.04. The maximum Gasteiger partial charge on any atom is 0.119 e. The first kappa shape index (κ1) is 9.42. The zero-order valence-electron chi connectivity index (χ0n) is 8.44. The van der Waals surface area contributed by atoms with Crippen LogP contribution in [-0.2, 0) is 6.54 Å². The summed E-state index contributed by atoms with van der Waals surface area (Å²) in [6.07, 6.45) is 0. The molecule has 0 aliphatic heterocycles. The van der Waals surface area contributed by atoms with E-state index in [1.165, 1.54) is 19.2 Å². The van der Waals surface area contributed by atoms with E-state index in [9.17, 15) is 0 Å². The van der Waals surface area contributed by atoms with Gasteiger partial charge in [0.15, 0.2) is 0 Å². The van der Waals surface area contributed by atoms with Crippen molar-refractivity contribution in [2.75, 3.05) is 0 Å². The molecular weight excluding hydrogens is 191 g/mol. The van der Waals surface area contributed by atoms with Gasteiger partial charge < -0.3 is 0 Å². The predicted octanol–water partition coefficient (Wildman–Crippen LogP) is 3.46. The van der Waals surface area contributed by atoms with Crippen LogP contribution in [-0.4, -0.2) is 9.78 Å². The van der Waals surface area contributed by atoms with E-state index in [-0.39, 0.29) is 0 Å². The van der Waals surface area contributed by atoms with E-state index in [1.807, 2.05) is 6.07 Å². The van der Waals surface area contributed by atoms with Gasteiger partial charge in [0.25, 0.3) is 0 Å². The third-order valence-electron chi connectivity index (χ3n) is 2.19. The quantitative estimate of drug-likeness (QED) is 0.732. The van der Waals surface area contributed by atoms with Crippen LogP contribution >= 0.6 is 8.19 Å². The second-order valence-corrected chi connectivity index (χ2v) is 4.46. The minimum absolute atomic E-state index is 0.954. The molecule has 0 aliphatic carbocycles. The second-order valence-electron chi connectivity index (χ2n) is 3.16. The number of benzene rings is 1. The average Bonchev–Trinajstić information content (AvgIpc) is 2.61. The van der Waals surface area contributed by atoms with Crippen molar-refractivity contribution in [3.8, 4) is 11.0 Å². The van der Waals surface area contributed by atoms with E-state index in [1.54, 1.807) is 0 Å². The Hall–Kier alpha value is -1.14. The van der Waals surface area contributed by atoms with Gasteiger partial charge in [-0.05, 0) is 22.0 Å². The summed E-state index contributed by atoms with van der Waals surface area (Å²) in [4.78, 5) is 0. The second kappa shape index (κ2) is 3.93. The smallest absolute Gasteiger partial charge is 0.119 e. The van der Waals surface area contributed by atoms with Crippen molar-refractivity contribution in [1.82, 2.24) is 9.78 Å². The van der Waals surface area contributed by atoms with Gasteiger partial charge >= 0.3 is 0 Å². The molecule has 2 rings (SSSR count). The van der Waals surface area contributed by atoms with E-state index in [0.717, 1.165) is 12.0 Å². The Morgan fingerprint density at radius 1 is 1.29 bits per heavy atom. The zero-order chi connectivity index (χ0) is 9.97. The van der Waals surface area contributed by atoms with E-state index < -0.39 is 0 Å². The van der Waals surface area contributed by atoms with Crippen molar-refractivity contribution in [3.63, 3.8) is 0 Å².